The van der Waals surface area contributed by atoms with Gasteiger partial charge in [-0.15, -0.1) is 11.3 Å². The van der Waals surface area contributed by atoms with Crippen LogP contribution < -0.4 is 5.32 Å². The third-order valence-corrected chi connectivity index (χ3v) is 4.26. The molecule has 0 radical (unpaired) electrons. The second-order valence-corrected chi connectivity index (χ2v) is 6.27. The van der Waals surface area contributed by atoms with E-state index in [0.29, 0.717) is 5.92 Å². The molecule has 1 N–H and O–H groups in total. The van der Waals surface area contributed by atoms with Gasteiger partial charge in [-0.05, 0) is 37.1 Å². The summed E-state index contributed by atoms with van der Waals surface area (Å²) >= 11 is 5.16. The first-order valence-electron chi connectivity index (χ1n) is 6.63. The van der Waals surface area contributed by atoms with Crippen molar-refractivity contribution in [3.05, 3.63) is 50.9 Å². The first kappa shape index (κ1) is 14.7. The van der Waals surface area contributed by atoms with E-state index in [-0.39, 0.29) is 0 Å². The standard InChI is InChI=1S/C15H19BrN2S/c1-2-7-17-9-13(8-15-10-19-11-18-15)12-3-5-14(16)6-4-12/h3-6,10-11,13,17H,2,7-9H2,1H3. The van der Waals surface area contributed by atoms with Crippen molar-refractivity contribution in [2.24, 2.45) is 0 Å². The fraction of sp³-hybridized carbons (Fsp3) is 0.400. The Bertz CT molecular complexity index is 467. The maximum atomic E-state index is 4.41. The van der Waals surface area contributed by atoms with Gasteiger partial charge < -0.3 is 5.32 Å². The molecule has 0 aliphatic carbocycles. The van der Waals surface area contributed by atoms with Crippen LogP contribution in [0.5, 0.6) is 0 Å². The van der Waals surface area contributed by atoms with E-state index in [4.69, 9.17) is 0 Å². The molecule has 1 atom stereocenters. The van der Waals surface area contributed by atoms with E-state index in [1.54, 1.807) is 11.3 Å². The van der Waals surface area contributed by atoms with Gasteiger partial charge in [-0.1, -0.05) is 35.0 Å². The number of hydrogen-bond acceptors (Lipinski definition) is 3. The minimum atomic E-state index is 0.488. The molecule has 1 aromatic heterocycles. The van der Waals surface area contributed by atoms with Gasteiger partial charge in [-0.2, -0.15) is 0 Å². The topological polar surface area (TPSA) is 24.9 Å². The van der Waals surface area contributed by atoms with Gasteiger partial charge >= 0.3 is 0 Å². The van der Waals surface area contributed by atoms with Crippen LogP contribution in [-0.4, -0.2) is 18.1 Å². The Morgan fingerprint density at radius 3 is 2.74 bits per heavy atom. The van der Waals surface area contributed by atoms with Crippen molar-refractivity contribution < 1.29 is 0 Å². The first-order valence-corrected chi connectivity index (χ1v) is 8.36. The number of nitrogens with one attached hydrogen (secondary N) is 1. The zero-order valence-electron chi connectivity index (χ0n) is 11.1. The molecular weight excluding hydrogens is 320 g/mol. The van der Waals surface area contributed by atoms with E-state index in [2.05, 4.69) is 62.8 Å². The van der Waals surface area contributed by atoms with Gasteiger partial charge in [0.25, 0.3) is 0 Å². The van der Waals surface area contributed by atoms with Crippen LogP contribution in [0, 0.1) is 0 Å². The van der Waals surface area contributed by atoms with Crippen LogP contribution in [0.15, 0.2) is 39.6 Å². The molecule has 0 saturated heterocycles. The predicted octanol–water partition coefficient (Wildman–Crippen LogP) is 4.23. The third-order valence-electron chi connectivity index (χ3n) is 3.10. The summed E-state index contributed by atoms with van der Waals surface area (Å²) in [6, 6.07) is 8.63. The fourth-order valence-electron chi connectivity index (χ4n) is 2.09. The Labute approximate surface area is 127 Å². The molecule has 0 aliphatic rings. The third kappa shape index (κ3) is 4.71. The van der Waals surface area contributed by atoms with Gasteiger partial charge in [0.05, 0.1) is 11.2 Å². The Balaban J connectivity index is 2.06. The molecule has 4 heteroatoms. The SMILES string of the molecule is CCCNCC(Cc1cscn1)c1ccc(Br)cc1. The van der Waals surface area contributed by atoms with Crippen molar-refractivity contribution in [2.45, 2.75) is 25.7 Å². The van der Waals surface area contributed by atoms with Crippen molar-refractivity contribution in [3.8, 4) is 0 Å². The molecule has 2 rings (SSSR count). The van der Waals surface area contributed by atoms with Crippen molar-refractivity contribution in [1.82, 2.24) is 10.3 Å². The van der Waals surface area contributed by atoms with E-state index < -0.39 is 0 Å². The Morgan fingerprint density at radius 2 is 2.11 bits per heavy atom. The second kappa shape index (κ2) is 7.78. The number of nitrogens with zero attached hydrogens (tertiary/aromatic N) is 1. The molecule has 0 saturated carbocycles. The lowest BCUT2D eigenvalue weighted by Crippen LogP contribution is -2.23. The normalized spacial score (nSPS) is 12.5. The molecule has 1 unspecified atom stereocenters. The monoisotopic (exact) mass is 338 g/mol. The molecule has 0 amide bonds. The molecule has 0 aliphatic heterocycles. The zero-order valence-corrected chi connectivity index (χ0v) is 13.5. The van der Waals surface area contributed by atoms with Crippen LogP contribution in [0.3, 0.4) is 0 Å². The highest BCUT2D eigenvalue weighted by atomic mass is 79.9. The Morgan fingerprint density at radius 1 is 1.32 bits per heavy atom. The Hall–Kier alpha value is -0.710. The summed E-state index contributed by atoms with van der Waals surface area (Å²) in [7, 11) is 0. The van der Waals surface area contributed by atoms with Crippen LogP contribution in [0.4, 0.5) is 0 Å². The minimum Gasteiger partial charge on any atom is -0.316 e. The van der Waals surface area contributed by atoms with Gasteiger partial charge in [0.2, 0.25) is 0 Å². The van der Waals surface area contributed by atoms with Gasteiger partial charge in [-0.3, -0.25) is 0 Å². The zero-order chi connectivity index (χ0) is 13.5. The quantitative estimate of drug-likeness (QED) is 0.764. The molecule has 0 fully saturated rings. The van der Waals surface area contributed by atoms with E-state index in [1.807, 2.05) is 5.51 Å². The largest absolute Gasteiger partial charge is 0.316 e. The summed E-state index contributed by atoms with van der Waals surface area (Å²) in [5, 5.41) is 5.67. The van der Waals surface area contributed by atoms with Gasteiger partial charge in [0.1, 0.15) is 0 Å². The van der Waals surface area contributed by atoms with E-state index >= 15 is 0 Å². The highest BCUT2D eigenvalue weighted by Gasteiger charge is 2.13. The van der Waals surface area contributed by atoms with Gasteiger partial charge in [0.15, 0.2) is 0 Å². The van der Waals surface area contributed by atoms with E-state index in [9.17, 15) is 0 Å². The summed E-state index contributed by atoms with van der Waals surface area (Å²) in [6.07, 6.45) is 2.17. The summed E-state index contributed by atoms with van der Waals surface area (Å²) in [4.78, 5) is 4.41. The van der Waals surface area contributed by atoms with Crippen molar-refractivity contribution in [1.29, 1.82) is 0 Å². The number of aromatic nitrogens is 1. The summed E-state index contributed by atoms with van der Waals surface area (Å²) < 4.78 is 1.13. The summed E-state index contributed by atoms with van der Waals surface area (Å²) in [6.45, 7) is 4.28. The van der Waals surface area contributed by atoms with E-state index in [1.165, 1.54) is 17.7 Å². The Kier molecular flexibility index (Phi) is 6.01. The number of hydrogen-bond donors (Lipinski definition) is 1. The number of thiazole rings is 1. The molecule has 2 nitrogen and oxygen atoms in total. The molecule has 19 heavy (non-hydrogen) atoms. The summed E-state index contributed by atoms with van der Waals surface area (Å²) in [5.41, 5.74) is 4.48. The number of halogens is 1. The average molecular weight is 339 g/mol. The smallest absolute Gasteiger partial charge is 0.0794 e. The maximum absolute atomic E-state index is 4.41. The fourth-order valence-corrected chi connectivity index (χ4v) is 2.92. The van der Waals surface area contributed by atoms with Gasteiger partial charge in [0, 0.05) is 22.3 Å². The molecule has 2 aromatic rings. The average Bonchev–Trinajstić information content (AvgIpc) is 2.92. The van der Waals surface area contributed by atoms with Crippen LogP contribution in [0.1, 0.15) is 30.5 Å². The van der Waals surface area contributed by atoms with Gasteiger partial charge in [-0.25, -0.2) is 4.98 Å². The molecule has 1 aromatic carbocycles. The van der Waals surface area contributed by atoms with Crippen molar-refractivity contribution in [3.63, 3.8) is 0 Å². The molecule has 1 heterocycles. The van der Waals surface area contributed by atoms with Crippen LogP contribution >= 0.6 is 27.3 Å². The highest BCUT2D eigenvalue weighted by molar-refractivity contribution is 9.10. The van der Waals surface area contributed by atoms with Crippen molar-refractivity contribution >= 4 is 27.3 Å². The lowest BCUT2D eigenvalue weighted by atomic mass is 9.94. The molecule has 102 valence electrons. The lowest BCUT2D eigenvalue weighted by Gasteiger charge is -2.17. The highest BCUT2D eigenvalue weighted by Crippen LogP contribution is 2.22. The maximum Gasteiger partial charge on any atom is 0.0794 e. The van der Waals surface area contributed by atoms with Crippen molar-refractivity contribution in [2.75, 3.05) is 13.1 Å². The minimum absolute atomic E-state index is 0.488. The second-order valence-electron chi connectivity index (χ2n) is 4.64. The molecule has 0 spiro atoms. The lowest BCUT2D eigenvalue weighted by molar-refractivity contribution is 0.573. The summed E-state index contributed by atoms with van der Waals surface area (Å²) in [5.74, 6) is 0.488. The first-order chi connectivity index (χ1) is 9.29. The molecular formula is C15H19BrN2S. The predicted molar refractivity (Wildman–Crippen MR) is 85.9 cm³/mol. The van der Waals surface area contributed by atoms with E-state index in [0.717, 1.165) is 24.0 Å². The van der Waals surface area contributed by atoms with Crippen LogP contribution in [0.2, 0.25) is 0 Å². The van der Waals surface area contributed by atoms with Crippen LogP contribution in [-0.2, 0) is 6.42 Å². The number of benzene rings is 1. The number of rotatable bonds is 7. The van der Waals surface area contributed by atoms with Crippen LogP contribution in [0.25, 0.3) is 0 Å². The molecule has 0 bridgehead atoms.